The molecule has 4 aromatic rings. The molecular formula is C26H23Cl2N5O3S. The molecule has 0 aliphatic heterocycles. The number of nitro benzene ring substituents is 1. The van der Waals surface area contributed by atoms with Gasteiger partial charge in [0.05, 0.1) is 21.4 Å². The number of thioether (sulfide) groups is 1. The van der Waals surface area contributed by atoms with Crippen molar-refractivity contribution in [1.29, 1.82) is 0 Å². The molecule has 0 fully saturated rings. The molecule has 0 spiro atoms. The Balaban J connectivity index is 1.67. The van der Waals surface area contributed by atoms with Gasteiger partial charge < -0.3 is 5.32 Å². The number of nitrogens with zero attached hydrogens (tertiary/aromatic N) is 4. The summed E-state index contributed by atoms with van der Waals surface area (Å²) in [5.74, 6) is 0.413. The minimum atomic E-state index is -0.474. The Morgan fingerprint density at radius 3 is 2.57 bits per heavy atom. The number of carbonyl (C=O) groups is 1. The van der Waals surface area contributed by atoms with Crippen molar-refractivity contribution in [3.63, 3.8) is 0 Å². The number of nitrogens with one attached hydrogen (secondary N) is 1. The van der Waals surface area contributed by atoms with Crippen LogP contribution in [0.5, 0.6) is 0 Å². The third kappa shape index (κ3) is 5.95. The monoisotopic (exact) mass is 555 g/mol. The number of rotatable bonds is 8. The van der Waals surface area contributed by atoms with Crippen LogP contribution in [0.25, 0.3) is 17.1 Å². The van der Waals surface area contributed by atoms with Gasteiger partial charge in [-0.1, -0.05) is 73.1 Å². The molecule has 190 valence electrons. The number of hydrogen-bond donors (Lipinski definition) is 1. The van der Waals surface area contributed by atoms with E-state index in [9.17, 15) is 14.9 Å². The van der Waals surface area contributed by atoms with Crippen LogP contribution in [0, 0.1) is 17.0 Å². The summed E-state index contributed by atoms with van der Waals surface area (Å²) in [6, 6.07) is 17.7. The van der Waals surface area contributed by atoms with Crippen molar-refractivity contribution in [3.8, 4) is 17.1 Å². The molecule has 0 saturated carbocycles. The number of anilines is 1. The summed E-state index contributed by atoms with van der Waals surface area (Å²) < 4.78 is 1.89. The number of halogens is 2. The first-order valence-corrected chi connectivity index (χ1v) is 13.1. The predicted octanol–water partition coefficient (Wildman–Crippen LogP) is 7.31. The van der Waals surface area contributed by atoms with Crippen LogP contribution in [0.2, 0.25) is 10.0 Å². The van der Waals surface area contributed by atoms with Gasteiger partial charge in [0.25, 0.3) is 5.69 Å². The molecule has 37 heavy (non-hydrogen) atoms. The smallest absolute Gasteiger partial charge is 0.274 e. The second kappa shape index (κ2) is 11.3. The van der Waals surface area contributed by atoms with E-state index in [1.807, 2.05) is 28.8 Å². The van der Waals surface area contributed by atoms with Gasteiger partial charge in [-0.05, 0) is 48.7 Å². The van der Waals surface area contributed by atoms with Crippen LogP contribution in [0.4, 0.5) is 11.4 Å². The van der Waals surface area contributed by atoms with Crippen molar-refractivity contribution in [1.82, 2.24) is 14.8 Å². The van der Waals surface area contributed by atoms with Crippen LogP contribution in [-0.4, -0.2) is 31.3 Å². The lowest BCUT2D eigenvalue weighted by molar-refractivity contribution is -0.385. The first-order chi connectivity index (χ1) is 17.7. The van der Waals surface area contributed by atoms with E-state index in [0.29, 0.717) is 37.8 Å². The average molecular weight is 556 g/mol. The van der Waals surface area contributed by atoms with Crippen molar-refractivity contribution >= 4 is 52.2 Å². The normalized spacial score (nSPS) is 11.1. The van der Waals surface area contributed by atoms with Crippen LogP contribution in [0.15, 0.2) is 65.8 Å². The molecule has 1 amide bonds. The summed E-state index contributed by atoms with van der Waals surface area (Å²) in [4.78, 5) is 23.5. The highest BCUT2D eigenvalue weighted by Crippen LogP contribution is 2.35. The minimum absolute atomic E-state index is 0.0119. The Morgan fingerprint density at radius 2 is 1.86 bits per heavy atom. The molecule has 0 bridgehead atoms. The van der Waals surface area contributed by atoms with Gasteiger partial charge in [-0.25, -0.2) is 0 Å². The second-order valence-corrected chi connectivity index (χ2v) is 10.4. The second-order valence-electron chi connectivity index (χ2n) is 8.57. The van der Waals surface area contributed by atoms with Crippen molar-refractivity contribution in [2.45, 2.75) is 31.8 Å². The zero-order valence-corrected chi connectivity index (χ0v) is 22.6. The Labute approximate surface area is 228 Å². The van der Waals surface area contributed by atoms with E-state index in [-0.39, 0.29) is 23.3 Å². The van der Waals surface area contributed by atoms with Gasteiger partial charge >= 0.3 is 0 Å². The first-order valence-electron chi connectivity index (χ1n) is 11.3. The molecule has 0 aliphatic rings. The van der Waals surface area contributed by atoms with Crippen molar-refractivity contribution in [3.05, 3.63) is 92.0 Å². The van der Waals surface area contributed by atoms with Crippen LogP contribution in [0.1, 0.15) is 30.9 Å². The van der Waals surface area contributed by atoms with Gasteiger partial charge in [-0.3, -0.25) is 19.5 Å². The average Bonchev–Trinajstić information content (AvgIpc) is 3.27. The third-order valence-electron chi connectivity index (χ3n) is 5.63. The molecule has 3 aromatic carbocycles. The van der Waals surface area contributed by atoms with E-state index in [1.54, 1.807) is 37.3 Å². The Bertz CT molecular complexity index is 1490. The quantitative estimate of drug-likeness (QED) is 0.139. The number of aryl methyl sites for hydroxylation is 1. The Morgan fingerprint density at radius 1 is 1.11 bits per heavy atom. The van der Waals surface area contributed by atoms with Gasteiger partial charge in [0.15, 0.2) is 11.0 Å². The topological polar surface area (TPSA) is 103 Å². The highest BCUT2D eigenvalue weighted by molar-refractivity contribution is 7.99. The molecule has 0 atom stereocenters. The number of carbonyl (C=O) groups excluding carboxylic acids is 1. The number of para-hydroxylation sites is 1. The molecule has 1 aromatic heterocycles. The maximum Gasteiger partial charge on any atom is 0.274 e. The highest BCUT2D eigenvalue weighted by atomic mass is 35.5. The molecule has 0 saturated heterocycles. The lowest BCUT2D eigenvalue weighted by Crippen LogP contribution is -2.15. The van der Waals surface area contributed by atoms with E-state index >= 15 is 0 Å². The predicted molar refractivity (Wildman–Crippen MR) is 148 cm³/mol. The lowest BCUT2D eigenvalue weighted by Gasteiger charge is -2.17. The van der Waals surface area contributed by atoms with E-state index in [0.717, 1.165) is 11.3 Å². The highest BCUT2D eigenvalue weighted by Gasteiger charge is 2.22. The Hall–Kier alpha value is -3.40. The van der Waals surface area contributed by atoms with Crippen LogP contribution < -0.4 is 5.32 Å². The maximum atomic E-state index is 12.7. The van der Waals surface area contributed by atoms with E-state index in [1.165, 1.54) is 17.8 Å². The minimum Gasteiger partial charge on any atom is -0.325 e. The number of hydrogen-bond acceptors (Lipinski definition) is 6. The van der Waals surface area contributed by atoms with E-state index in [4.69, 9.17) is 23.2 Å². The lowest BCUT2D eigenvalue weighted by atomic mass is 10.0. The largest absolute Gasteiger partial charge is 0.325 e. The Kier molecular flexibility index (Phi) is 8.16. The molecule has 1 N–H and O–H groups in total. The summed E-state index contributed by atoms with van der Waals surface area (Å²) in [6.07, 6.45) is 0. The third-order valence-corrected chi connectivity index (χ3v) is 7.10. The maximum absolute atomic E-state index is 12.7. The van der Waals surface area contributed by atoms with Gasteiger partial charge in [0.2, 0.25) is 5.91 Å². The van der Waals surface area contributed by atoms with E-state index < -0.39 is 4.92 Å². The van der Waals surface area contributed by atoms with Gasteiger partial charge in [0.1, 0.15) is 0 Å². The first kappa shape index (κ1) is 26.7. The van der Waals surface area contributed by atoms with Crippen molar-refractivity contribution in [2.24, 2.45) is 0 Å². The van der Waals surface area contributed by atoms with Crippen molar-refractivity contribution < 1.29 is 9.72 Å². The van der Waals surface area contributed by atoms with Crippen LogP contribution >= 0.6 is 35.0 Å². The summed E-state index contributed by atoms with van der Waals surface area (Å²) in [5.41, 5.74) is 3.42. The van der Waals surface area contributed by atoms with Gasteiger partial charge in [-0.15, -0.1) is 10.2 Å². The number of benzene rings is 3. The zero-order chi connectivity index (χ0) is 26.7. The van der Waals surface area contributed by atoms with Gasteiger partial charge in [-0.2, -0.15) is 0 Å². The summed E-state index contributed by atoms with van der Waals surface area (Å²) in [7, 11) is 0. The molecule has 0 unspecified atom stereocenters. The van der Waals surface area contributed by atoms with Crippen molar-refractivity contribution in [2.75, 3.05) is 11.1 Å². The summed E-state index contributed by atoms with van der Waals surface area (Å²) in [5, 5.41) is 24.2. The fraction of sp³-hybridized carbons (Fsp3) is 0.192. The number of amides is 1. The molecule has 8 nitrogen and oxygen atoms in total. The molecule has 0 aliphatic carbocycles. The molecule has 11 heteroatoms. The number of nitro groups is 1. The summed E-state index contributed by atoms with van der Waals surface area (Å²) in [6.45, 7) is 5.84. The molecule has 4 rings (SSSR count). The molecular weight excluding hydrogens is 533 g/mol. The molecule has 1 heterocycles. The fourth-order valence-electron chi connectivity index (χ4n) is 3.82. The van der Waals surface area contributed by atoms with E-state index in [2.05, 4.69) is 29.4 Å². The fourth-order valence-corrected chi connectivity index (χ4v) is 5.05. The molecule has 0 radical (unpaired) electrons. The van der Waals surface area contributed by atoms with Gasteiger partial charge in [0, 0.05) is 27.9 Å². The summed E-state index contributed by atoms with van der Waals surface area (Å²) >= 11 is 13.8. The zero-order valence-electron chi connectivity index (χ0n) is 20.2. The SMILES string of the molecule is Cc1ccc(NC(=O)CSc2nnc(-c3ccc(Cl)cc3Cl)n2-c2ccccc2C(C)C)cc1[N+](=O)[O-]. The standard InChI is InChI=1S/C26H23Cl2N5O3S/c1-15(2)19-6-4-5-7-22(19)32-25(20-11-9-17(27)12-21(20)28)30-31-26(32)37-14-24(34)29-18-10-8-16(3)23(13-18)33(35)36/h4-13,15H,14H2,1-3H3,(H,29,34). The number of aromatic nitrogens is 3. The van der Waals surface area contributed by atoms with Crippen LogP contribution in [0.3, 0.4) is 0 Å². The van der Waals surface area contributed by atoms with Crippen LogP contribution in [-0.2, 0) is 4.79 Å².